The average molecular weight is 633 g/mol. The summed E-state index contributed by atoms with van der Waals surface area (Å²) in [7, 11) is 0. The zero-order valence-electron chi connectivity index (χ0n) is 22.5. The molecule has 5 rings (SSSR count). The first-order valence-corrected chi connectivity index (χ1v) is 14.3. The van der Waals surface area contributed by atoms with Crippen molar-refractivity contribution in [2.75, 3.05) is 0 Å². The summed E-state index contributed by atoms with van der Waals surface area (Å²) in [4.78, 5) is 49.8. The van der Waals surface area contributed by atoms with Gasteiger partial charge in [0.05, 0.1) is 57.6 Å². The van der Waals surface area contributed by atoms with Crippen molar-refractivity contribution in [1.29, 1.82) is 0 Å². The second-order valence-corrected chi connectivity index (χ2v) is 11.6. The minimum absolute atomic E-state index is 0.226. The summed E-state index contributed by atoms with van der Waals surface area (Å²) in [5, 5.41) is 46.6. The van der Waals surface area contributed by atoms with E-state index in [4.69, 9.17) is 0 Å². The Morgan fingerprint density at radius 3 is 1.39 bits per heavy atom. The van der Waals surface area contributed by atoms with Gasteiger partial charge in [0.1, 0.15) is 0 Å². The Morgan fingerprint density at radius 2 is 1.00 bits per heavy atom. The topological polar surface area (TPSA) is 204 Å². The zero-order chi connectivity index (χ0) is 31.5. The summed E-state index contributed by atoms with van der Waals surface area (Å²) in [5.74, 6) is -0.363. The molecule has 14 nitrogen and oxygen atoms in total. The Balaban J connectivity index is 1.48. The number of aromatic nitrogens is 2. The number of nitro benzene ring substituents is 4. The lowest BCUT2D eigenvalue weighted by Gasteiger charge is -2.16. The Hall–Kier alpha value is -5.48. The first kappa shape index (κ1) is 30.0. The van der Waals surface area contributed by atoms with Gasteiger partial charge in [-0.2, -0.15) is 0 Å². The molecule has 0 saturated carbocycles. The van der Waals surface area contributed by atoms with Crippen LogP contribution in [0, 0.1) is 47.4 Å². The van der Waals surface area contributed by atoms with Crippen LogP contribution in [0.25, 0.3) is 0 Å². The molecule has 222 valence electrons. The predicted octanol–water partition coefficient (Wildman–Crippen LogP) is 7.77. The van der Waals surface area contributed by atoms with Gasteiger partial charge < -0.3 is 9.97 Å². The maximum atomic E-state index is 11.6. The third-order valence-electron chi connectivity index (χ3n) is 6.54. The summed E-state index contributed by atoms with van der Waals surface area (Å²) >= 11 is 2.13. The Bertz CT molecular complexity index is 1810. The van der Waals surface area contributed by atoms with Crippen molar-refractivity contribution < 1.29 is 19.7 Å². The molecule has 0 spiro atoms. The fourth-order valence-corrected chi connectivity index (χ4v) is 6.29. The van der Waals surface area contributed by atoms with Crippen molar-refractivity contribution in [3.63, 3.8) is 0 Å². The molecule has 2 heterocycles. The molecule has 0 bridgehead atoms. The van der Waals surface area contributed by atoms with Crippen LogP contribution in [0.15, 0.2) is 105 Å². The van der Waals surface area contributed by atoms with Crippen LogP contribution in [-0.4, -0.2) is 29.7 Å². The van der Waals surface area contributed by atoms with Crippen LogP contribution in [0.1, 0.15) is 28.4 Å². The van der Waals surface area contributed by atoms with Crippen LogP contribution in [0.5, 0.6) is 0 Å². The van der Waals surface area contributed by atoms with E-state index in [1.165, 1.54) is 24.3 Å². The molecule has 44 heavy (non-hydrogen) atoms. The van der Waals surface area contributed by atoms with E-state index in [1.807, 2.05) is 43.3 Å². The van der Waals surface area contributed by atoms with Gasteiger partial charge in [0.25, 0.3) is 22.7 Å². The minimum Gasteiger partial charge on any atom is -0.352 e. The number of H-pyrrole nitrogens is 2. The Kier molecular flexibility index (Phi) is 8.45. The second kappa shape index (κ2) is 12.4. The van der Waals surface area contributed by atoms with E-state index < -0.39 is 19.7 Å². The molecule has 0 aliphatic rings. The van der Waals surface area contributed by atoms with Crippen LogP contribution < -0.4 is 0 Å². The smallest absolute Gasteiger partial charge is 0.290 e. The van der Waals surface area contributed by atoms with Gasteiger partial charge in [-0.1, -0.05) is 53.4 Å². The summed E-state index contributed by atoms with van der Waals surface area (Å²) in [5.41, 5.74) is 1.90. The SMILES string of the molecule is Cc1ccc(C(c2ccc(Sc3ccc([N+](=O)[O-])cc3[N+](=O)[O-])[nH]2)c2ccc(Sc3ccc([N+](=O)[O-])cc3[N+](=O)[O-])[nH]2)cc1. The highest BCUT2D eigenvalue weighted by Gasteiger charge is 2.25. The lowest BCUT2D eigenvalue weighted by atomic mass is 9.92. The molecule has 0 fully saturated rings. The van der Waals surface area contributed by atoms with Gasteiger partial charge in [-0.15, -0.1) is 0 Å². The molecule has 0 aliphatic heterocycles. The number of benzene rings is 3. The van der Waals surface area contributed by atoms with Gasteiger partial charge in [0, 0.05) is 23.5 Å². The largest absolute Gasteiger partial charge is 0.352 e. The standard InChI is InChI=1S/C28H20N6O8S2/c1-16-2-4-17(5-3-16)28(20-8-12-26(29-20)43-24-10-6-18(31(35)36)14-22(24)33(39)40)21-9-13-27(30-21)44-25-11-7-19(32(37)38)15-23(25)34(41)42/h2-15,28-30H,1H3. The van der Waals surface area contributed by atoms with Crippen molar-refractivity contribution in [1.82, 2.24) is 9.97 Å². The molecule has 0 unspecified atom stereocenters. The molecular weight excluding hydrogens is 612 g/mol. The van der Waals surface area contributed by atoms with E-state index >= 15 is 0 Å². The predicted molar refractivity (Wildman–Crippen MR) is 161 cm³/mol. The Labute approximate surface area is 256 Å². The lowest BCUT2D eigenvalue weighted by Crippen LogP contribution is -2.04. The summed E-state index contributed by atoms with van der Waals surface area (Å²) in [6.45, 7) is 1.96. The number of nitrogens with zero attached hydrogens (tertiary/aromatic N) is 4. The van der Waals surface area contributed by atoms with Crippen molar-refractivity contribution in [3.8, 4) is 0 Å². The van der Waals surface area contributed by atoms with E-state index in [1.54, 1.807) is 12.1 Å². The number of nitrogens with one attached hydrogen (secondary N) is 2. The summed E-state index contributed by atoms with van der Waals surface area (Å²) < 4.78 is 0. The normalized spacial score (nSPS) is 11.0. The van der Waals surface area contributed by atoms with Crippen LogP contribution in [0.4, 0.5) is 22.7 Å². The number of non-ortho nitro benzene ring substituents is 2. The molecule has 16 heteroatoms. The molecule has 0 radical (unpaired) electrons. The third-order valence-corrected chi connectivity index (χ3v) is 8.58. The van der Waals surface area contributed by atoms with Gasteiger partial charge in [-0.25, -0.2) is 0 Å². The zero-order valence-corrected chi connectivity index (χ0v) is 24.2. The molecule has 0 amide bonds. The number of hydrogen-bond donors (Lipinski definition) is 2. The number of aromatic amines is 2. The molecular formula is C28H20N6O8S2. The van der Waals surface area contributed by atoms with E-state index in [-0.39, 0.29) is 38.5 Å². The van der Waals surface area contributed by atoms with Gasteiger partial charge in [-0.3, -0.25) is 40.5 Å². The number of hydrogen-bond acceptors (Lipinski definition) is 10. The van der Waals surface area contributed by atoms with E-state index in [2.05, 4.69) is 9.97 Å². The van der Waals surface area contributed by atoms with E-state index in [0.29, 0.717) is 10.1 Å². The molecule has 0 saturated heterocycles. The second-order valence-electron chi connectivity index (χ2n) is 9.44. The quantitative estimate of drug-likeness (QED) is 0.107. The minimum atomic E-state index is -0.691. The van der Waals surface area contributed by atoms with Crippen molar-refractivity contribution in [2.24, 2.45) is 0 Å². The third kappa shape index (κ3) is 6.45. The molecule has 0 aliphatic carbocycles. The Morgan fingerprint density at radius 1 is 0.568 bits per heavy atom. The summed E-state index contributed by atoms with van der Waals surface area (Å²) in [6.07, 6.45) is 0. The first-order valence-electron chi connectivity index (χ1n) is 12.7. The fraction of sp³-hybridized carbons (Fsp3) is 0.0714. The van der Waals surface area contributed by atoms with Gasteiger partial charge in [0.2, 0.25) is 0 Å². The highest BCUT2D eigenvalue weighted by molar-refractivity contribution is 7.99. The maximum Gasteiger partial charge on any atom is 0.290 e. The molecule has 3 aromatic carbocycles. The van der Waals surface area contributed by atoms with Crippen LogP contribution in [0.3, 0.4) is 0 Å². The molecule has 2 aromatic heterocycles. The highest BCUT2D eigenvalue weighted by Crippen LogP contribution is 2.41. The highest BCUT2D eigenvalue weighted by atomic mass is 32.2. The monoisotopic (exact) mass is 632 g/mol. The maximum absolute atomic E-state index is 11.6. The number of nitro groups is 4. The van der Waals surface area contributed by atoms with Gasteiger partial charge in [0.15, 0.2) is 0 Å². The molecule has 2 N–H and O–H groups in total. The average Bonchev–Trinajstić information content (AvgIpc) is 3.64. The van der Waals surface area contributed by atoms with Crippen LogP contribution in [-0.2, 0) is 0 Å². The van der Waals surface area contributed by atoms with E-state index in [9.17, 15) is 40.5 Å². The number of rotatable bonds is 11. The fourth-order valence-electron chi connectivity index (χ4n) is 4.46. The van der Waals surface area contributed by atoms with Crippen LogP contribution >= 0.6 is 23.5 Å². The molecule has 5 aromatic rings. The van der Waals surface area contributed by atoms with Crippen molar-refractivity contribution in [2.45, 2.75) is 32.7 Å². The molecule has 0 atom stereocenters. The number of aryl methyl sites for hydroxylation is 1. The van der Waals surface area contributed by atoms with Crippen molar-refractivity contribution in [3.05, 3.63) is 148 Å². The first-order chi connectivity index (χ1) is 21.0. The van der Waals surface area contributed by atoms with Gasteiger partial charge >= 0.3 is 0 Å². The summed E-state index contributed by atoms with van der Waals surface area (Å²) in [6, 6.07) is 22.0. The lowest BCUT2D eigenvalue weighted by molar-refractivity contribution is -0.396. The van der Waals surface area contributed by atoms with E-state index in [0.717, 1.165) is 58.2 Å². The van der Waals surface area contributed by atoms with Crippen molar-refractivity contribution >= 4 is 46.3 Å². The van der Waals surface area contributed by atoms with Gasteiger partial charge in [-0.05, 0) is 48.9 Å². The van der Waals surface area contributed by atoms with Crippen LogP contribution in [0.2, 0.25) is 0 Å².